The van der Waals surface area contributed by atoms with Crippen molar-refractivity contribution in [3.05, 3.63) is 65.7 Å². The van der Waals surface area contributed by atoms with E-state index < -0.39 is 5.91 Å². The van der Waals surface area contributed by atoms with Crippen LogP contribution in [-0.2, 0) is 16.1 Å². The summed E-state index contributed by atoms with van der Waals surface area (Å²) in [6, 6.07) is 16.8. The Labute approximate surface area is 145 Å². The molecule has 25 heavy (non-hydrogen) atoms. The predicted octanol–water partition coefficient (Wildman–Crippen LogP) is 0.844. The Kier molecular flexibility index (Phi) is 4.94. The zero-order valence-corrected chi connectivity index (χ0v) is 13.5. The first kappa shape index (κ1) is 16.5. The topological polar surface area (TPSA) is 97.0 Å². The van der Waals surface area contributed by atoms with Gasteiger partial charge in [0.1, 0.15) is 18.1 Å². The monoisotopic (exact) mass is 338 g/mol. The van der Waals surface area contributed by atoms with Gasteiger partial charge in [-0.3, -0.25) is 20.0 Å². The van der Waals surface area contributed by atoms with E-state index in [-0.39, 0.29) is 19.1 Å². The number of hydrogen-bond donors (Lipinski definition) is 2. The molecule has 1 aliphatic heterocycles. The van der Waals surface area contributed by atoms with Crippen molar-refractivity contribution in [1.29, 1.82) is 0 Å². The van der Waals surface area contributed by atoms with Crippen molar-refractivity contribution in [2.45, 2.75) is 6.54 Å². The Hall–Kier alpha value is -3.35. The molecule has 0 atom stereocenters. The molecule has 7 nitrogen and oxygen atoms in total. The van der Waals surface area contributed by atoms with Crippen LogP contribution in [0.15, 0.2) is 59.6 Å². The molecule has 0 aromatic heterocycles. The molecule has 0 saturated carbocycles. The number of amides is 2. The van der Waals surface area contributed by atoms with Crippen LogP contribution in [0.1, 0.15) is 11.1 Å². The zero-order chi connectivity index (χ0) is 17.6. The maximum Gasteiger partial charge on any atom is 0.262 e. The van der Waals surface area contributed by atoms with Crippen molar-refractivity contribution in [2.24, 2.45) is 10.7 Å². The fraction of sp³-hybridized carbons (Fsp3) is 0.167. The Bertz CT molecular complexity index is 788. The van der Waals surface area contributed by atoms with Crippen molar-refractivity contribution < 1.29 is 14.3 Å². The van der Waals surface area contributed by atoms with E-state index in [0.29, 0.717) is 18.1 Å². The molecule has 3 N–H and O–H groups in total. The lowest BCUT2D eigenvalue weighted by molar-refractivity contribution is -0.132. The molecule has 0 aliphatic carbocycles. The molecule has 128 valence electrons. The maximum absolute atomic E-state index is 12.1. The van der Waals surface area contributed by atoms with Crippen LogP contribution in [0, 0.1) is 0 Å². The Morgan fingerprint density at radius 2 is 1.88 bits per heavy atom. The van der Waals surface area contributed by atoms with E-state index in [1.54, 1.807) is 29.3 Å². The number of carbonyl (C=O) groups is 2. The number of aliphatic imine (C=N–C) groups is 1. The number of rotatable bonds is 6. The van der Waals surface area contributed by atoms with Crippen molar-refractivity contribution in [3.8, 4) is 5.75 Å². The molecule has 2 aromatic carbocycles. The molecule has 3 rings (SSSR count). The second-order valence-electron chi connectivity index (χ2n) is 5.52. The lowest BCUT2D eigenvalue weighted by Crippen LogP contribution is -2.50. The quantitative estimate of drug-likeness (QED) is 0.816. The van der Waals surface area contributed by atoms with Crippen LogP contribution in [-0.4, -0.2) is 35.8 Å². The highest BCUT2D eigenvalue weighted by molar-refractivity contribution is 6.02. The number of carbonyl (C=O) groups excluding carboxylic acids is 2. The molecule has 0 saturated heterocycles. The van der Waals surface area contributed by atoms with Crippen molar-refractivity contribution >= 4 is 17.6 Å². The van der Waals surface area contributed by atoms with Crippen LogP contribution in [0.4, 0.5) is 0 Å². The smallest absolute Gasteiger partial charge is 0.262 e. The van der Waals surface area contributed by atoms with Gasteiger partial charge < -0.3 is 10.5 Å². The van der Waals surface area contributed by atoms with Crippen LogP contribution in [0.5, 0.6) is 5.75 Å². The number of primary amides is 1. The number of hydrogen-bond acceptors (Lipinski definition) is 5. The number of benzene rings is 2. The first-order valence-electron chi connectivity index (χ1n) is 7.79. The van der Waals surface area contributed by atoms with Crippen LogP contribution >= 0.6 is 0 Å². The number of nitrogens with one attached hydrogen (secondary N) is 1. The fourth-order valence-corrected chi connectivity index (χ4v) is 2.37. The summed E-state index contributed by atoms with van der Waals surface area (Å²) in [6.07, 6.45) is 0. The molecule has 2 amide bonds. The standard InChI is InChI=1S/C18H18N4O3/c19-16(23)12-25-15-8-6-14(7-9-15)18-20-10-17(24)22(21-18)11-13-4-2-1-3-5-13/h1-9H,10-12H2,(H2,19,23)(H,20,21). The van der Waals surface area contributed by atoms with Gasteiger partial charge in [0.05, 0.1) is 6.54 Å². The third-order valence-electron chi connectivity index (χ3n) is 3.61. The average molecular weight is 338 g/mol. The summed E-state index contributed by atoms with van der Waals surface area (Å²) in [5.74, 6) is 0.527. The Morgan fingerprint density at radius 1 is 1.16 bits per heavy atom. The number of nitrogens with zero attached hydrogens (tertiary/aromatic N) is 2. The third-order valence-corrected chi connectivity index (χ3v) is 3.61. The lowest BCUT2D eigenvalue weighted by atomic mass is 10.2. The van der Waals surface area contributed by atoms with Crippen molar-refractivity contribution in [3.63, 3.8) is 0 Å². The van der Waals surface area contributed by atoms with E-state index in [0.717, 1.165) is 11.1 Å². The molecule has 1 aliphatic rings. The molecule has 0 fully saturated rings. The van der Waals surface area contributed by atoms with Gasteiger partial charge in [0, 0.05) is 5.56 Å². The highest BCUT2D eigenvalue weighted by atomic mass is 16.5. The van der Waals surface area contributed by atoms with Gasteiger partial charge in [-0.1, -0.05) is 30.3 Å². The minimum absolute atomic E-state index is 0.0889. The van der Waals surface area contributed by atoms with Crippen LogP contribution in [0.3, 0.4) is 0 Å². The minimum atomic E-state index is -0.530. The number of nitrogens with two attached hydrogens (primary N) is 1. The molecule has 2 aromatic rings. The second kappa shape index (κ2) is 7.48. The predicted molar refractivity (Wildman–Crippen MR) is 92.7 cm³/mol. The molecule has 0 spiro atoms. The zero-order valence-electron chi connectivity index (χ0n) is 13.5. The number of amidine groups is 1. The van der Waals surface area contributed by atoms with Gasteiger partial charge in [-0.15, -0.1) is 0 Å². The second-order valence-corrected chi connectivity index (χ2v) is 5.52. The summed E-state index contributed by atoms with van der Waals surface area (Å²) in [4.78, 5) is 27.1. The summed E-state index contributed by atoms with van der Waals surface area (Å²) in [6.45, 7) is 0.380. The first-order valence-corrected chi connectivity index (χ1v) is 7.79. The Balaban J connectivity index is 1.68. The van der Waals surface area contributed by atoms with Crippen LogP contribution < -0.4 is 15.9 Å². The summed E-state index contributed by atoms with van der Waals surface area (Å²) >= 11 is 0. The normalized spacial score (nSPS) is 13.8. The molecule has 7 heteroatoms. The van der Waals surface area contributed by atoms with E-state index in [4.69, 9.17) is 10.5 Å². The molecule has 1 heterocycles. The van der Waals surface area contributed by atoms with E-state index in [1.807, 2.05) is 30.3 Å². The number of ether oxygens (including phenoxy) is 1. The highest BCUT2D eigenvalue weighted by Gasteiger charge is 2.21. The molecular formula is C18H18N4O3. The lowest BCUT2D eigenvalue weighted by Gasteiger charge is -2.28. The summed E-state index contributed by atoms with van der Waals surface area (Å²) in [5, 5.41) is 1.55. The molecule has 0 unspecified atom stereocenters. The van der Waals surface area contributed by atoms with E-state index >= 15 is 0 Å². The molecular weight excluding hydrogens is 320 g/mol. The highest BCUT2D eigenvalue weighted by Crippen LogP contribution is 2.14. The van der Waals surface area contributed by atoms with Crippen molar-refractivity contribution in [2.75, 3.05) is 13.2 Å². The molecule has 0 radical (unpaired) electrons. The summed E-state index contributed by atoms with van der Waals surface area (Å²) in [5.41, 5.74) is 9.95. The van der Waals surface area contributed by atoms with Gasteiger partial charge in [-0.25, -0.2) is 5.01 Å². The largest absolute Gasteiger partial charge is 0.484 e. The Morgan fingerprint density at radius 3 is 2.56 bits per heavy atom. The average Bonchev–Trinajstić information content (AvgIpc) is 2.63. The van der Waals surface area contributed by atoms with Crippen LogP contribution in [0.25, 0.3) is 0 Å². The van der Waals surface area contributed by atoms with Crippen LogP contribution in [0.2, 0.25) is 0 Å². The van der Waals surface area contributed by atoms with Gasteiger partial charge >= 0.3 is 0 Å². The van der Waals surface area contributed by atoms with E-state index in [2.05, 4.69) is 10.4 Å². The maximum atomic E-state index is 12.1. The van der Waals surface area contributed by atoms with E-state index in [9.17, 15) is 9.59 Å². The van der Waals surface area contributed by atoms with Gasteiger partial charge in [-0.2, -0.15) is 0 Å². The summed E-state index contributed by atoms with van der Waals surface area (Å²) in [7, 11) is 0. The van der Waals surface area contributed by atoms with Gasteiger partial charge in [0.15, 0.2) is 6.61 Å². The van der Waals surface area contributed by atoms with Gasteiger partial charge in [0.2, 0.25) is 0 Å². The van der Waals surface area contributed by atoms with Crippen molar-refractivity contribution in [1.82, 2.24) is 10.4 Å². The molecule has 0 bridgehead atoms. The van der Waals surface area contributed by atoms with Gasteiger partial charge in [-0.05, 0) is 29.8 Å². The van der Waals surface area contributed by atoms with Gasteiger partial charge in [0.25, 0.3) is 11.8 Å². The number of hydrazine groups is 1. The third kappa shape index (κ3) is 4.35. The minimum Gasteiger partial charge on any atom is -0.484 e. The summed E-state index contributed by atoms with van der Waals surface area (Å²) < 4.78 is 5.23. The SMILES string of the molecule is NC(=O)COc1ccc(C2=NCC(=O)N(Cc3ccccc3)N2)cc1. The first-order chi connectivity index (χ1) is 12.1. The van der Waals surface area contributed by atoms with E-state index in [1.165, 1.54) is 0 Å². The fourth-order valence-electron chi connectivity index (χ4n) is 2.37.